The Kier molecular flexibility index (Phi) is 4.85. The van der Waals surface area contributed by atoms with Crippen LogP contribution < -0.4 is 5.32 Å². The monoisotopic (exact) mass is 257 g/mol. The molecule has 1 saturated heterocycles. The van der Waals surface area contributed by atoms with E-state index in [1.807, 2.05) is 0 Å². The van der Waals surface area contributed by atoms with Crippen molar-refractivity contribution in [3.8, 4) is 0 Å². The molecule has 1 N–H and O–H groups in total. The van der Waals surface area contributed by atoms with Gasteiger partial charge in [-0.15, -0.1) is 0 Å². The van der Waals surface area contributed by atoms with Gasteiger partial charge in [0.2, 0.25) is 0 Å². The molecule has 0 aliphatic carbocycles. The SMILES string of the molecule is COCCC(C)(C)CNC1CC(C)(C)OC1(C)C. The van der Waals surface area contributed by atoms with E-state index in [9.17, 15) is 0 Å². The van der Waals surface area contributed by atoms with Gasteiger partial charge in [0.1, 0.15) is 0 Å². The summed E-state index contributed by atoms with van der Waals surface area (Å²) >= 11 is 0. The minimum atomic E-state index is -0.0825. The van der Waals surface area contributed by atoms with Crippen molar-refractivity contribution >= 4 is 0 Å². The molecule has 1 atom stereocenters. The minimum absolute atomic E-state index is 0.0160. The number of nitrogens with one attached hydrogen (secondary N) is 1. The van der Waals surface area contributed by atoms with Gasteiger partial charge in [-0.3, -0.25) is 0 Å². The van der Waals surface area contributed by atoms with Gasteiger partial charge in [-0.05, 0) is 46.0 Å². The van der Waals surface area contributed by atoms with Gasteiger partial charge in [0, 0.05) is 26.3 Å². The molecule has 1 aliphatic rings. The molecule has 0 spiro atoms. The smallest absolute Gasteiger partial charge is 0.0787 e. The summed E-state index contributed by atoms with van der Waals surface area (Å²) in [5.41, 5.74) is 0.164. The molecule has 3 nitrogen and oxygen atoms in total. The van der Waals surface area contributed by atoms with Crippen molar-refractivity contribution in [2.24, 2.45) is 5.41 Å². The summed E-state index contributed by atoms with van der Waals surface area (Å²) in [6.45, 7) is 15.1. The molecule has 1 heterocycles. The van der Waals surface area contributed by atoms with E-state index >= 15 is 0 Å². The average Bonchev–Trinajstić information content (AvgIpc) is 2.41. The highest BCUT2D eigenvalue weighted by Gasteiger charge is 2.45. The number of methoxy groups -OCH3 is 1. The van der Waals surface area contributed by atoms with Crippen LogP contribution in [0, 0.1) is 5.41 Å². The first-order valence-electron chi connectivity index (χ1n) is 7.00. The van der Waals surface area contributed by atoms with Crippen molar-refractivity contribution < 1.29 is 9.47 Å². The third-order valence-corrected chi connectivity index (χ3v) is 3.88. The molecule has 1 aliphatic heterocycles. The Morgan fingerprint density at radius 2 is 1.89 bits per heavy atom. The lowest BCUT2D eigenvalue weighted by Gasteiger charge is -2.32. The van der Waals surface area contributed by atoms with Crippen molar-refractivity contribution in [2.75, 3.05) is 20.3 Å². The van der Waals surface area contributed by atoms with Gasteiger partial charge >= 0.3 is 0 Å². The van der Waals surface area contributed by atoms with Crippen molar-refractivity contribution in [1.29, 1.82) is 0 Å². The van der Waals surface area contributed by atoms with Gasteiger partial charge in [0.05, 0.1) is 11.2 Å². The molecule has 0 amide bonds. The fourth-order valence-electron chi connectivity index (χ4n) is 2.75. The van der Waals surface area contributed by atoms with Gasteiger partial charge in [0.25, 0.3) is 0 Å². The summed E-state index contributed by atoms with van der Waals surface area (Å²) in [6.07, 6.45) is 2.15. The fraction of sp³-hybridized carbons (Fsp3) is 1.00. The van der Waals surface area contributed by atoms with Crippen molar-refractivity contribution in [2.45, 2.75) is 71.6 Å². The van der Waals surface area contributed by atoms with Crippen molar-refractivity contribution in [1.82, 2.24) is 5.32 Å². The fourth-order valence-corrected chi connectivity index (χ4v) is 2.75. The predicted molar refractivity (Wildman–Crippen MR) is 75.9 cm³/mol. The zero-order valence-corrected chi connectivity index (χ0v) is 13.2. The molecule has 1 fully saturated rings. The van der Waals surface area contributed by atoms with Gasteiger partial charge < -0.3 is 14.8 Å². The highest BCUT2D eigenvalue weighted by molar-refractivity contribution is 4.99. The topological polar surface area (TPSA) is 30.5 Å². The molecule has 1 unspecified atom stereocenters. The molecule has 18 heavy (non-hydrogen) atoms. The Morgan fingerprint density at radius 1 is 1.28 bits per heavy atom. The number of ether oxygens (including phenoxy) is 2. The summed E-state index contributed by atoms with van der Waals surface area (Å²) in [7, 11) is 1.76. The van der Waals surface area contributed by atoms with Crippen molar-refractivity contribution in [3.05, 3.63) is 0 Å². The van der Waals surface area contributed by atoms with E-state index in [-0.39, 0.29) is 16.6 Å². The second kappa shape index (κ2) is 5.48. The van der Waals surface area contributed by atoms with Gasteiger partial charge in [-0.25, -0.2) is 0 Å². The first-order valence-corrected chi connectivity index (χ1v) is 7.00. The van der Waals surface area contributed by atoms with Crippen molar-refractivity contribution in [3.63, 3.8) is 0 Å². The van der Waals surface area contributed by atoms with E-state index in [0.29, 0.717) is 6.04 Å². The second-order valence-corrected chi connectivity index (χ2v) is 7.51. The first kappa shape index (κ1) is 15.9. The molecule has 0 radical (unpaired) electrons. The lowest BCUT2D eigenvalue weighted by atomic mass is 9.87. The van der Waals surface area contributed by atoms with E-state index in [1.165, 1.54) is 0 Å². The van der Waals surface area contributed by atoms with E-state index < -0.39 is 0 Å². The Hall–Kier alpha value is -0.120. The minimum Gasteiger partial charge on any atom is -0.385 e. The maximum Gasteiger partial charge on any atom is 0.0787 e. The standard InChI is InChI=1S/C15H31NO2/c1-13(2,8-9-17-7)11-16-12-10-14(3,4)18-15(12,5)6/h12,16H,8-11H2,1-7H3. The van der Waals surface area contributed by atoms with E-state index in [0.717, 1.165) is 26.0 Å². The maximum absolute atomic E-state index is 6.11. The number of hydrogen-bond donors (Lipinski definition) is 1. The highest BCUT2D eigenvalue weighted by atomic mass is 16.5. The quantitative estimate of drug-likeness (QED) is 0.793. The summed E-state index contributed by atoms with van der Waals surface area (Å²) in [5, 5.41) is 3.70. The summed E-state index contributed by atoms with van der Waals surface area (Å²) < 4.78 is 11.3. The lowest BCUT2D eigenvalue weighted by molar-refractivity contribution is -0.0702. The average molecular weight is 257 g/mol. The molecule has 0 aromatic rings. The Morgan fingerprint density at radius 3 is 2.33 bits per heavy atom. The van der Waals surface area contributed by atoms with Crippen LogP contribution in [0.4, 0.5) is 0 Å². The molecule has 3 heteroatoms. The largest absolute Gasteiger partial charge is 0.385 e. The zero-order valence-electron chi connectivity index (χ0n) is 13.2. The van der Waals surface area contributed by atoms with Crippen LogP contribution in [-0.4, -0.2) is 37.5 Å². The summed E-state index contributed by atoms with van der Waals surface area (Å²) in [4.78, 5) is 0. The first-order chi connectivity index (χ1) is 8.08. The maximum atomic E-state index is 6.11. The molecule has 0 aromatic carbocycles. The van der Waals surface area contributed by atoms with Gasteiger partial charge in [0.15, 0.2) is 0 Å². The zero-order chi connectivity index (χ0) is 14.0. The van der Waals surface area contributed by atoms with Gasteiger partial charge in [-0.1, -0.05) is 13.8 Å². The molecular weight excluding hydrogens is 226 g/mol. The van der Waals surface area contributed by atoms with Crippen LogP contribution in [0.5, 0.6) is 0 Å². The predicted octanol–water partition coefficient (Wildman–Crippen LogP) is 2.98. The van der Waals surface area contributed by atoms with E-state index in [1.54, 1.807) is 7.11 Å². The van der Waals surface area contributed by atoms with Crippen LogP contribution in [-0.2, 0) is 9.47 Å². The molecular formula is C15H31NO2. The summed E-state index contributed by atoms with van der Waals surface area (Å²) in [5.74, 6) is 0. The highest BCUT2D eigenvalue weighted by Crippen LogP contribution is 2.37. The molecule has 1 rings (SSSR count). The molecule has 0 aromatic heterocycles. The third-order valence-electron chi connectivity index (χ3n) is 3.88. The molecule has 0 saturated carbocycles. The van der Waals surface area contributed by atoms with E-state index in [4.69, 9.17) is 9.47 Å². The Bertz CT molecular complexity index is 272. The Balaban J connectivity index is 2.48. The molecule has 108 valence electrons. The Labute approximate surface area is 113 Å². The van der Waals surface area contributed by atoms with E-state index in [2.05, 4.69) is 46.9 Å². The lowest BCUT2D eigenvalue weighted by Crippen LogP contribution is -2.46. The van der Waals surface area contributed by atoms with Crippen LogP contribution in [0.25, 0.3) is 0 Å². The third kappa shape index (κ3) is 4.52. The summed E-state index contributed by atoms with van der Waals surface area (Å²) in [6, 6.07) is 0.425. The van der Waals surface area contributed by atoms with Crippen LogP contribution in [0.2, 0.25) is 0 Å². The van der Waals surface area contributed by atoms with Crippen LogP contribution in [0.3, 0.4) is 0 Å². The van der Waals surface area contributed by atoms with Crippen LogP contribution >= 0.6 is 0 Å². The normalized spacial score (nSPS) is 26.5. The van der Waals surface area contributed by atoms with Gasteiger partial charge in [-0.2, -0.15) is 0 Å². The van der Waals surface area contributed by atoms with Crippen LogP contribution in [0.1, 0.15) is 54.4 Å². The molecule has 0 bridgehead atoms. The second-order valence-electron chi connectivity index (χ2n) is 7.51. The number of hydrogen-bond acceptors (Lipinski definition) is 3. The van der Waals surface area contributed by atoms with Crippen LogP contribution in [0.15, 0.2) is 0 Å². The number of rotatable bonds is 6.